The zero-order valence-corrected chi connectivity index (χ0v) is 11.7. The van der Waals surface area contributed by atoms with Crippen LogP contribution in [0.4, 0.5) is 0 Å². The first-order valence-electron chi connectivity index (χ1n) is 6.68. The Balaban J connectivity index is 2.23. The van der Waals surface area contributed by atoms with E-state index < -0.39 is 0 Å². The smallest absolute Gasteiger partial charge is 0.136 e. The van der Waals surface area contributed by atoms with E-state index in [1.165, 1.54) is 25.7 Å². The fourth-order valence-corrected chi connectivity index (χ4v) is 3.20. The molecule has 1 saturated carbocycles. The van der Waals surface area contributed by atoms with Crippen LogP contribution in [0.15, 0.2) is 0 Å². The van der Waals surface area contributed by atoms with E-state index in [0.717, 1.165) is 29.4 Å². The first kappa shape index (κ1) is 12.8. The number of aryl methyl sites for hydroxylation is 1. The molecule has 2 atom stereocenters. The number of rotatable bonds is 3. The number of halogens is 1. The van der Waals surface area contributed by atoms with Crippen molar-refractivity contribution in [1.29, 1.82) is 0 Å². The first-order chi connectivity index (χ1) is 8.15. The molecular formula is C14H21ClN2. The van der Waals surface area contributed by atoms with Crippen molar-refractivity contribution in [2.24, 2.45) is 5.92 Å². The molecule has 1 aromatic heterocycles. The Morgan fingerprint density at radius 2 is 2.00 bits per heavy atom. The van der Waals surface area contributed by atoms with Gasteiger partial charge in [-0.2, -0.15) is 0 Å². The van der Waals surface area contributed by atoms with Gasteiger partial charge in [-0.05, 0) is 38.5 Å². The third kappa shape index (κ3) is 2.62. The maximum atomic E-state index is 6.23. The summed E-state index contributed by atoms with van der Waals surface area (Å²) in [5.74, 6) is 2.36. The van der Waals surface area contributed by atoms with E-state index >= 15 is 0 Å². The molecule has 1 aliphatic rings. The summed E-state index contributed by atoms with van der Waals surface area (Å²) < 4.78 is 0. The highest BCUT2D eigenvalue weighted by atomic mass is 35.5. The van der Waals surface area contributed by atoms with Gasteiger partial charge in [0.25, 0.3) is 0 Å². The van der Waals surface area contributed by atoms with Gasteiger partial charge in [0.15, 0.2) is 0 Å². The van der Waals surface area contributed by atoms with Gasteiger partial charge in [-0.25, -0.2) is 9.97 Å². The molecule has 1 heterocycles. The molecule has 94 valence electrons. The number of aromatic nitrogens is 2. The van der Waals surface area contributed by atoms with Crippen LogP contribution in [0.25, 0.3) is 0 Å². The lowest BCUT2D eigenvalue weighted by atomic mass is 10.0. The highest BCUT2D eigenvalue weighted by Crippen LogP contribution is 2.38. The Morgan fingerprint density at radius 1 is 1.24 bits per heavy atom. The molecule has 2 rings (SSSR count). The average molecular weight is 253 g/mol. The summed E-state index contributed by atoms with van der Waals surface area (Å²) in [6.07, 6.45) is 5.96. The van der Waals surface area contributed by atoms with Crippen molar-refractivity contribution >= 4 is 11.6 Å². The monoisotopic (exact) mass is 252 g/mol. The molecule has 0 aromatic carbocycles. The number of hydrogen-bond donors (Lipinski definition) is 0. The lowest BCUT2D eigenvalue weighted by molar-refractivity contribution is 0.516. The van der Waals surface area contributed by atoms with Gasteiger partial charge in [0.1, 0.15) is 11.0 Å². The van der Waals surface area contributed by atoms with Gasteiger partial charge in [0.2, 0.25) is 0 Å². The lowest BCUT2D eigenvalue weighted by Crippen LogP contribution is -2.06. The van der Waals surface area contributed by atoms with Gasteiger partial charge in [-0.1, -0.05) is 31.9 Å². The molecule has 1 aromatic rings. The first-order valence-corrected chi connectivity index (χ1v) is 7.06. The second kappa shape index (κ2) is 5.34. The van der Waals surface area contributed by atoms with Crippen LogP contribution in [-0.2, 0) is 6.42 Å². The van der Waals surface area contributed by atoms with Crippen molar-refractivity contribution in [2.75, 3.05) is 0 Å². The van der Waals surface area contributed by atoms with Crippen molar-refractivity contribution in [3.05, 3.63) is 22.2 Å². The van der Waals surface area contributed by atoms with Gasteiger partial charge in [-0.3, -0.25) is 0 Å². The third-order valence-electron chi connectivity index (χ3n) is 4.02. The van der Waals surface area contributed by atoms with Gasteiger partial charge < -0.3 is 0 Å². The van der Waals surface area contributed by atoms with Crippen LogP contribution < -0.4 is 0 Å². The van der Waals surface area contributed by atoms with Crippen molar-refractivity contribution in [1.82, 2.24) is 9.97 Å². The van der Waals surface area contributed by atoms with Crippen LogP contribution in [0.1, 0.15) is 62.5 Å². The van der Waals surface area contributed by atoms with Crippen LogP contribution in [0.5, 0.6) is 0 Å². The zero-order chi connectivity index (χ0) is 12.4. The molecule has 0 bridgehead atoms. The summed E-state index contributed by atoms with van der Waals surface area (Å²) in [4.78, 5) is 9.17. The van der Waals surface area contributed by atoms with E-state index in [2.05, 4.69) is 23.8 Å². The lowest BCUT2D eigenvalue weighted by Gasteiger charge is -2.12. The van der Waals surface area contributed by atoms with Gasteiger partial charge in [0.05, 0.1) is 0 Å². The molecule has 2 nitrogen and oxygen atoms in total. The molecule has 0 spiro atoms. The van der Waals surface area contributed by atoms with E-state index in [-0.39, 0.29) is 0 Å². The fraction of sp³-hybridized carbons (Fsp3) is 0.714. The molecule has 0 N–H and O–H groups in total. The second-order valence-corrected chi connectivity index (χ2v) is 5.43. The summed E-state index contributed by atoms with van der Waals surface area (Å²) >= 11 is 6.23. The molecule has 1 fully saturated rings. The quantitative estimate of drug-likeness (QED) is 0.750. The summed E-state index contributed by atoms with van der Waals surface area (Å²) in [7, 11) is 0. The zero-order valence-electron chi connectivity index (χ0n) is 11.0. The minimum Gasteiger partial charge on any atom is -0.238 e. The fourth-order valence-electron chi connectivity index (χ4n) is 2.85. The maximum absolute atomic E-state index is 6.23. The van der Waals surface area contributed by atoms with Crippen LogP contribution in [-0.4, -0.2) is 9.97 Å². The molecule has 0 aliphatic heterocycles. The topological polar surface area (TPSA) is 25.8 Å². The van der Waals surface area contributed by atoms with Crippen molar-refractivity contribution in [3.63, 3.8) is 0 Å². The molecule has 0 amide bonds. The minimum atomic E-state index is 0.530. The summed E-state index contributed by atoms with van der Waals surface area (Å²) in [5, 5.41) is 0.662. The highest BCUT2D eigenvalue weighted by Gasteiger charge is 2.27. The largest absolute Gasteiger partial charge is 0.238 e. The van der Waals surface area contributed by atoms with Gasteiger partial charge in [0, 0.05) is 17.2 Å². The molecule has 17 heavy (non-hydrogen) atoms. The highest BCUT2D eigenvalue weighted by molar-refractivity contribution is 6.30. The van der Waals surface area contributed by atoms with Gasteiger partial charge >= 0.3 is 0 Å². The number of nitrogens with zero attached hydrogens (tertiary/aromatic N) is 2. The van der Waals surface area contributed by atoms with Gasteiger partial charge in [-0.15, -0.1) is 0 Å². The van der Waals surface area contributed by atoms with Crippen LogP contribution in [0, 0.1) is 12.8 Å². The van der Waals surface area contributed by atoms with E-state index in [4.69, 9.17) is 11.6 Å². The molecule has 3 heteroatoms. The Hall–Kier alpha value is -0.630. The Bertz CT molecular complexity index is 380. The number of hydrogen-bond acceptors (Lipinski definition) is 2. The van der Waals surface area contributed by atoms with E-state index in [1.807, 2.05) is 6.92 Å². The molecule has 1 aliphatic carbocycles. The SMILES string of the molecule is CCc1c(C)nc(C2CCC(CC)C2)nc1Cl. The molecule has 0 saturated heterocycles. The van der Waals surface area contributed by atoms with E-state index in [0.29, 0.717) is 11.1 Å². The normalized spacial score (nSPS) is 24.2. The maximum Gasteiger partial charge on any atom is 0.136 e. The van der Waals surface area contributed by atoms with Crippen LogP contribution in [0.2, 0.25) is 5.15 Å². The van der Waals surface area contributed by atoms with E-state index in [1.54, 1.807) is 0 Å². The summed E-state index contributed by atoms with van der Waals surface area (Å²) in [6.45, 7) is 6.41. The molecule has 0 radical (unpaired) electrons. The summed E-state index contributed by atoms with van der Waals surface area (Å²) in [5.41, 5.74) is 2.16. The Labute approximate surface area is 109 Å². The molecular weight excluding hydrogens is 232 g/mol. The standard InChI is InChI=1S/C14H21ClN2/c1-4-10-6-7-11(8-10)14-16-9(3)12(5-2)13(15)17-14/h10-11H,4-8H2,1-3H3. The van der Waals surface area contributed by atoms with Crippen molar-refractivity contribution in [2.45, 2.75) is 58.8 Å². The summed E-state index contributed by atoms with van der Waals surface area (Å²) in [6, 6.07) is 0. The van der Waals surface area contributed by atoms with E-state index in [9.17, 15) is 0 Å². The van der Waals surface area contributed by atoms with Crippen LogP contribution in [0.3, 0.4) is 0 Å². The minimum absolute atomic E-state index is 0.530. The Kier molecular flexibility index (Phi) is 4.03. The van der Waals surface area contributed by atoms with Crippen LogP contribution >= 0.6 is 11.6 Å². The predicted octanol–water partition coefficient (Wildman–Crippen LogP) is 4.29. The molecule has 2 unspecified atom stereocenters. The average Bonchev–Trinajstić information content (AvgIpc) is 2.77. The predicted molar refractivity (Wildman–Crippen MR) is 71.5 cm³/mol. The van der Waals surface area contributed by atoms with Crippen molar-refractivity contribution < 1.29 is 0 Å². The van der Waals surface area contributed by atoms with Crippen molar-refractivity contribution in [3.8, 4) is 0 Å². The Morgan fingerprint density at radius 3 is 2.53 bits per heavy atom. The second-order valence-electron chi connectivity index (χ2n) is 5.07. The third-order valence-corrected chi connectivity index (χ3v) is 4.33.